The van der Waals surface area contributed by atoms with Crippen molar-refractivity contribution in [1.29, 1.82) is 0 Å². The summed E-state index contributed by atoms with van der Waals surface area (Å²) in [6.07, 6.45) is -2.23. The summed E-state index contributed by atoms with van der Waals surface area (Å²) in [6.45, 7) is 9.03. The molecule has 2 fully saturated rings. The topological polar surface area (TPSA) is 87.5 Å². The molecule has 0 bridgehead atoms. The van der Waals surface area contributed by atoms with Gasteiger partial charge in [-0.1, -0.05) is 31.5 Å². The predicted molar refractivity (Wildman–Crippen MR) is 127 cm³/mol. The maximum Gasteiger partial charge on any atom is 0.403 e. The lowest BCUT2D eigenvalue weighted by atomic mass is 9.96. The van der Waals surface area contributed by atoms with E-state index in [0.29, 0.717) is 29.1 Å². The monoisotopic (exact) mass is 504 g/mol. The lowest BCUT2D eigenvalue weighted by Gasteiger charge is -2.23. The number of nitrogens with one attached hydrogen (secondary N) is 2. The van der Waals surface area contributed by atoms with Crippen molar-refractivity contribution in [3.8, 4) is 0 Å². The van der Waals surface area contributed by atoms with Gasteiger partial charge in [-0.15, -0.1) is 0 Å². The van der Waals surface area contributed by atoms with Crippen molar-refractivity contribution in [2.45, 2.75) is 71.3 Å². The van der Waals surface area contributed by atoms with E-state index < -0.39 is 24.7 Å². The lowest BCUT2D eigenvalue weighted by molar-refractivity contribution is -0.147. The van der Waals surface area contributed by atoms with Gasteiger partial charge in [0, 0.05) is 25.0 Å². The number of carbonyl (C=O) groups is 2. The molecule has 1 aromatic rings. The van der Waals surface area contributed by atoms with E-state index in [1.165, 1.54) is 49.5 Å². The van der Waals surface area contributed by atoms with Crippen LogP contribution in [0.25, 0.3) is 0 Å². The zero-order valence-corrected chi connectivity index (χ0v) is 20.8. The van der Waals surface area contributed by atoms with Gasteiger partial charge in [-0.05, 0) is 73.9 Å². The molecule has 2 amide bonds. The van der Waals surface area contributed by atoms with E-state index in [0.717, 1.165) is 18.3 Å². The Morgan fingerprint density at radius 1 is 1.26 bits per heavy atom. The molecule has 0 radical (unpaired) electrons. The number of carbonyl (C=O) groups excluding carboxylic acids is 2. The van der Waals surface area contributed by atoms with Gasteiger partial charge in [0.25, 0.3) is 0 Å². The predicted octanol–water partition coefficient (Wildman–Crippen LogP) is 3.65. The molecule has 3 unspecified atom stereocenters. The number of halogens is 4. The first-order chi connectivity index (χ1) is 15.9. The van der Waals surface area contributed by atoms with Crippen LogP contribution >= 0.6 is 11.6 Å². The molecule has 4 N–H and O–H groups in total. The molecule has 3 atom stereocenters. The zero-order chi connectivity index (χ0) is 25.5. The standard InChI is InChI=1S/C17H21ClF3N3O2.C7H15N/c1-10(25)24-6-2-3-14(24)16(26)23-9-12-7-13(18)5-4-11(12)8-15(22)17(19,20)21;1-6(2)7-3-4-8-5-7/h4-5,7,14-15H,2-3,6,8-9,22H2,1H3,(H,23,26);6-8H,3-5H2,1-2H3. The first kappa shape index (κ1) is 28.4. The quantitative estimate of drug-likeness (QED) is 0.552. The molecule has 2 aliphatic rings. The van der Waals surface area contributed by atoms with Gasteiger partial charge in [0.05, 0.1) is 0 Å². The van der Waals surface area contributed by atoms with Crippen LogP contribution in [0.2, 0.25) is 5.02 Å². The maximum absolute atomic E-state index is 12.7. The van der Waals surface area contributed by atoms with Crippen molar-refractivity contribution in [2.75, 3.05) is 19.6 Å². The van der Waals surface area contributed by atoms with E-state index in [4.69, 9.17) is 17.3 Å². The first-order valence-electron chi connectivity index (χ1n) is 11.7. The second-order valence-electron chi connectivity index (χ2n) is 9.35. The molecule has 0 aliphatic carbocycles. The van der Waals surface area contributed by atoms with E-state index >= 15 is 0 Å². The summed E-state index contributed by atoms with van der Waals surface area (Å²) < 4.78 is 38.2. The molecule has 0 saturated carbocycles. The van der Waals surface area contributed by atoms with E-state index in [1.54, 1.807) is 0 Å². The smallest absolute Gasteiger partial charge is 0.350 e. The summed E-state index contributed by atoms with van der Waals surface area (Å²) >= 11 is 5.93. The van der Waals surface area contributed by atoms with Crippen molar-refractivity contribution in [3.63, 3.8) is 0 Å². The van der Waals surface area contributed by atoms with Crippen LogP contribution in [0.3, 0.4) is 0 Å². The molecule has 192 valence electrons. The highest BCUT2D eigenvalue weighted by molar-refractivity contribution is 6.30. The SMILES string of the molecule is CC(=O)N1CCCC1C(=O)NCc1cc(Cl)ccc1CC(N)C(F)(F)F.CC(C)C1CCNC1. The summed E-state index contributed by atoms with van der Waals surface area (Å²) in [4.78, 5) is 25.4. The summed E-state index contributed by atoms with van der Waals surface area (Å²) in [7, 11) is 0. The fraction of sp³-hybridized carbons (Fsp3) is 0.667. The van der Waals surface area contributed by atoms with Crippen LogP contribution in [0, 0.1) is 11.8 Å². The Balaban J connectivity index is 0.000000430. The van der Waals surface area contributed by atoms with Crippen LogP contribution in [0.5, 0.6) is 0 Å². The molecule has 3 rings (SSSR count). The molecule has 10 heteroatoms. The third kappa shape index (κ3) is 8.43. The maximum atomic E-state index is 12.7. The molecule has 6 nitrogen and oxygen atoms in total. The molecule has 0 spiro atoms. The van der Waals surface area contributed by atoms with E-state index in [2.05, 4.69) is 24.5 Å². The molecular formula is C24H36ClF3N4O2. The van der Waals surface area contributed by atoms with Gasteiger partial charge < -0.3 is 21.3 Å². The Morgan fingerprint density at radius 2 is 1.97 bits per heavy atom. The van der Waals surface area contributed by atoms with Crippen LogP contribution in [-0.4, -0.2) is 54.6 Å². The van der Waals surface area contributed by atoms with Crippen molar-refractivity contribution < 1.29 is 22.8 Å². The van der Waals surface area contributed by atoms with Crippen molar-refractivity contribution in [3.05, 3.63) is 34.3 Å². The number of rotatable bonds is 6. The second-order valence-corrected chi connectivity index (χ2v) is 9.79. The number of hydrogen-bond donors (Lipinski definition) is 3. The van der Waals surface area contributed by atoms with Gasteiger partial charge in [0.15, 0.2) is 0 Å². The Morgan fingerprint density at radius 3 is 2.50 bits per heavy atom. The molecule has 2 saturated heterocycles. The first-order valence-corrected chi connectivity index (χ1v) is 12.1. The minimum atomic E-state index is -4.51. The van der Waals surface area contributed by atoms with Crippen LogP contribution < -0.4 is 16.4 Å². The van der Waals surface area contributed by atoms with E-state index in [9.17, 15) is 22.8 Å². The van der Waals surface area contributed by atoms with Gasteiger partial charge in [0.1, 0.15) is 12.1 Å². The fourth-order valence-corrected chi connectivity index (χ4v) is 4.47. The number of benzene rings is 1. The Bertz CT molecular complexity index is 829. The van der Waals surface area contributed by atoms with Crippen molar-refractivity contribution >= 4 is 23.4 Å². The van der Waals surface area contributed by atoms with Gasteiger partial charge in [-0.25, -0.2) is 0 Å². The molecule has 0 aromatic heterocycles. The van der Waals surface area contributed by atoms with Gasteiger partial charge in [0.2, 0.25) is 11.8 Å². The number of nitrogens with zero attached hydrogens (tertiary/aromatic N) is 1. The third-order valence-electron chi connectivity index (χ3n) is 6.48. The summed E-state index contributed by atoms with van der Waals surface area (Å²) in [5.74, 6) is 1.32. The highest BCUT2D eigenvalue weighted by Crippen LogP contribution is 2.25. The van der Waals surface area contributed by atoms with E-state index in [1.807, 2.05) is 0 Å². The average Bonchev–Trinajstić information content (AvgIpc) is 3.45. The summed E-state index contributed by atoms with van der Waals surface area (Å²) in [5.41, 5.74) is 6.05. The van der Waals surface area contributed by atoms with Crippen molar-refractivity contribution in [1.82, 2.24) is 15.5 Å². The molecule has 2 aliphatic heterocycles. The highest BCUT2D eigenvalue weighted by atomic mass is 35.5. The number of likely N-dealkylation sites (tertiary alicyclic amines) is 1. The Labute approximate surface area is 204 Å². The Hall–Kier alpha value is -1.84. The normalized spacial score (nSPS) is 21.3. The van der Waals surface area contributed by atoms with Crippen LogP contribution in [0.1, 0.15) is 51.2 Å². The second kappa shape index (κ2) is 12.7. The third-order valence-corrected chi connectivity index (χ3v) is 6.72. The lowest BCUT2D eigenvalue weighted by Crippen LogP contribution is -2.45. The zero-order valence-electron chi connectivity index (χ0n) is 20.1. The van der Waals surface area contributed by atoms with Crippen LogP contribution in [0.15, 0.2) is 18.2 Å². The number of nitrogens with two attached hydrogens (primary N) is 1. The molecular weight excluding hydrogens is 469 g/mol. The van der Waals surface area contributed by atoms with E-state index in [-0.39, 0.29) is 18.4 Å². The highest BCUT2D eigenvalue weighted by Gasteiger charge is 2.37. The average molecular weight is 505 g/mol. The minimum Gasteiger partial charge on any atom is -0.350 e. The van der Waals surface area contributed by atoms with Crippen LogP contribution in [-0.2, 0) is 22.6 Å². The van der Waals surface area contributed by atoms with Gasteiger partial charge in [-0.2, -0.15) is 13.2 Å². The summed E-state index contributed by atoms with van der Waals surface area (Å²) in [5, 5.41) is 6.40. The van der Waals surface area contributed by atoms with Crippen molar-refractivity contribution in [2.24, 2.45) is 17.6 Å². The van der Waals surface area contributed by atoms with Gasteiger partial charge in [-0.3, -0.25) is 9.59 Å². The molecule has 2 heterocycles. The number of alkyl halides is 3. The number of hydrogen-bond acceptors (Lipinski definition) is 4. The summed E-state index contributed by atoms with van der Waals surface area (Å²) in [6, 6.07) is 1.93. The molecule has 34 heavy (non-hydrogen) atoms. The number of amides is 2. The largest absolute Gasteiger partial charge is 0.403 e. The van der Waals surface area contributed by atoms with Gasteiger partial charge >= 0.3 is 6.18 Å². The fourth-order valence-electron chi connectivity index (χ4n) is 4.27. The molecule has 1 aromatic carbocycles. The minimum absolute atomic E-state index is 0.0154. The Kier molecular flexibility index (Phi) is 10.6. The van der Waals surface area contributed by atoms with Crippen LogP contribution in [0.4, 0.5) is 13.2 Å².